The highest BCUT2D eigenvalue weighted by Gasteiger charge is 2.24. The van der Waals surface area contributed by atoms with Crippen LogP contribution in [0.25, 0.3) is 16.9 Å². The molecule has 4 rings (SSSR count). The van der Waals surface area contributed by atoms with Crippen LogP contribution in [0.2, 0.25) is 0 Å². The van der Waals surface area contributed by atoms with Gasteiger partial charge < -0.3 is 9.77 Å². The fourth-order valence-electron chi connectivity index (χ4n) is 3.42. The first-order valence-electron chi connectivity index (χ1n) is 8.05. The first-order valence-corrected chi connectivity index (χ1v) is 8.84. The van der Waals surface area contributed by atoms with Crippen LogP contribution >= 0.6 is 15.9 Å². The lowest BCUT2D eigenvalue weighted by Crippen LogP contribution is -2.13. The Hall–Kier alpha value is -2.33. The molecular weight excluding hydrogens is 364 g/mol. The fourth-order valence-corrected chi connectivity index (χ4v) is 3.68. The summed E-state index contributed by atoms with van der Waals surface area (Å²) in [6.07, 6.45) is 2.81. The number of hydrogen-bond acceptors (Lipinski definition) is 2. The average Bonchev–Trinajstić information content (AvgIpc) is 3.03. The maximum absolute atomic E-state index is 9.39. The van der Waals surface area contributed by atoms with Crippen LogP contribution < -0.4 is 0 Å². The minimum Gasteiger partial charge on any atom is -0.411 e. The Morgan fingerprint density at radius 1 is 0.958 bits per heavy atom. The largest absolute Gasteiger partial charge is 0.411 e. The van der Waals surface area contributed by atoms with Crippen molar-refractivity contribution in [3.63, 3.8) is 0 Å². The summed E-state index contributed by atoms with van der Waals surface area (Å²) in [4.78, 5) is 0. The van der Waals surface area contributed by atoms with Gasteiger partial charge in [-0.3, -0.25) is 0 Å². The summed E-state index contributed by atoms with van der Waals surface area (Å²) in [5.41, 5.74) is 6.47. The summed E-state index contributed by atoms with van der Waals surface area (Å²) < 4.78 is 3.35. The Bertz CT molecular complexity index is 895. The van der Waals surface area contributed by atoms with E-state index in [1.165, 1.54) is 5.69 Å². The van der Waals surface area contributed by atoms with Gasteiger partial charge in [0.05, 0.1) is 11.4 Å². The predicted molar refractivity (Wildman–Crippen MR) is 100 cm³/mol. The van der Waals surface area contributed by atoms with Crippen molar-refractivity contribution in [3.05, 3.63) is 76.4 Å². The lowest BCUT2D eigenvalue weighted by molar-refractivity contribution is 0.317. The highest BCUT2D eigenvalue weighted by Crippen LogP contribution is 2.34. The molecule has 0 unspecified atom stereocenters. The maximum Gasteiger partial charge on any atom is 0.0886 e. The molecule has 0 saturated heterocycles. The molecule has 1 heterocycles. The molecule has 3 aromatic rings. The average molecular weight is 381 g/mol. The summed E-state index contributed by atoms with van der Waals surface area (Å²) >= 11 is 3.51. The van der Waals surface area contributed by atoms with E-state index in [4.69, 9.17) is 0 Å². The van der Waals surface area contributed by atoms with Gasteiger partial charge in [0.2, 0.25) is 0 Å². The van der Waals surface area contributed by atoms with Crippen LogP contribution in [0.15, 0.2) is 70.3 Å². The van der Waals surface area contributed by atoms with Crippen LogP contribution in [0.5, 0.6) is 0 Å². The van der Waals surface area contributed by atoms with E-state index in [-0.39, 0.29) is 0 Å². The number of halogens is 1. The van der Waals surface area contributed by atoms with Crippen molar-refractivity contribution < 1.29 is 5.21 Å². The van der Waals surface area contributed by atoms with Crippen molar-refractivity contribution in [2.75, 3.05) is 0 Å². The highest BCUT2D eigenvalue weighted by atomic mass is 79.9. The highest BCUT2D eigenvalue weighted by molar-refractivity contribution is 9.10. The van der Waals surface area contributed by atoms with Gasteiger partial charge in [-0.2, -0.15) is 0 Å². The Balaban J connectivity index is 1.99. The van der Waals surface area contributed by atoms with Gasteiger partial charge in [-0.25, -0.2) is 0 Å². The van der Waals surface area contributed by atoms with Crippen LogP contribution in [-0.4, -0.2) is 15.5 Å². The van der Waals surface area contributed by atoms with Gasteiger partial charge in [0.15, 0.2) is 0 Å². The van der Waals surface area contributed by atoms with Crippen LogP contribution in [0, 0.1) is 0 Å². The molecule has 0 radical (unpaired) electrons. The zero-order valence-corrected chi connectivity index (χ0v) is 14.7. The normalized spacial score (nSPS) is 15.5. The maximum atomic E-state index is 9.39. The van der Waals surface area contributed by atoms with Crippen LogP contribution in [0.4, 0.5) is 0 Å². The van der Waals surface area contributed by atoms with E-state index in [2.05, 4.69) is 68.1 Å². The topological polar surface area (TPSA) is 37.5 Å². The summed E-state index contributed by atoms with van der Waals surface area (Å²) in [7, 11) is 0. The predicted octanol–water partition coefficient (Wildman–Crippen LogP) is 5.42. The monoisotopic (exact) mass is 380 g/mol. The first kappa shape index (κ1) is 15.2. The zero-order chi connectivity index (χ0) is 16.5. The third-order valence-electron chi connectivity index (χ3n) is 4.52. The number of oxime groups is 1. The van der Waals surface area contributed by atoms with E-state index in [0.717, 1.165) is 52.0 Å². The van der Waals surface area contributed by atoms with Gasteiger partial charge in [0.1, 0.15) is 0 Å². The molecule has 0 saturated carbocycles. The summed E-state index contributed by atoms with van der Waals surface area (Å²) in [6.45, 7) is 0. The molecule has 4 heteroatoms. The molecule has 0 spiro atoms. The molecule has 1 aliphatic rings. The number of fused-ring (bicyclic) bond motifs is 1. The first-order chi connectivity index (χ1) is 11.8. The minimum absolute atomic E-state index is 0.782. The molecule has 1 N–H and O–H groups in total. The van der Waals surface area contributed by atoms with Gasteiger partial charge in [0.25, 0.3) is 0 Å². The third-order valence-corrected chi connectivity index (χ3v) is 5.04. The van der Waals surface area contributed by atoms with Gasteiger partial charge in [-0.15, -0.1) is 0 Å². The quantitative estimate of drug-likeness (QED) is 0.467. The van der Waals surface area contributed by atoms with E-state index in [1.54, 1.807) is 0 Å². The van der Waals surface area contributed by atoms with Crippen molar-refractivity contribution in [3.8, 4) is 16.9 Å². The Kier molecular flexibility index (Phi) is 3.98. The van der Waals surface area contributed by atoms with Crippen molar-refractivity contribution in [1.29, 1.82) is 0 Å². The van der Waals surface area contributed by atoms with Crippen molar-refractivity contribution in [2.24, 2.45) is 5.16 Å². The lowest BCUT2D eigenvalue weighted by atomic mass is 9.95. The Morgan fingerprint density at radius 3 is 2.42 bits per heavy atom. The molecule has 0 atom stereocenters. The molecule has 0 bridgehead atoms. The number of aromatic nitrogens is 1. The molecule has 0 amide bonds. The second-order valence-electron chi connectivity index (χ2n) is 5.97. The van der Waals surface area contributed by atoms with E-state index in [0.29, 0.717) is 0 Å². The van der Waals surface area contributed by atoms with Crippen LogP contribution in [-0.2, 0) is 6.42 Å². The SMILES string of the molecule is O/N=C1/CCCc2c1cc(-c1ccccc1)n2-c1ccc(Br)cc1. The Morgan fingerprint density at radius 2 is 1.71 bits per heavy atom. The van der Waals surface area contributed by atoms with Crippen LogP contribution in [0.1, 0.15) is 24.1 Å². The molecule has 1 aromatic heterocycles. The number of hydrogen-bond donors (Lipinski definition) is 1. The summed E-state index contributed by atoms with van der Waals surface area (Å²) in [5, 5.41) is 12.9. The standard InChI is InChI=1S/C20H17BrN2O/c21-15-9-11-16(12-10-15)23-19-8-4-7-18(22-24)17(19)13-20(23)14-5-2-1-3-6-14/h1-3,5-6,9-13,24H,4,7-8H2/b22-18-. The molecule has 2 aromatic carbocycles. The van der Waals surface area contributed by atoms with Crippen molar-refractivity contribution >= 4 is 21.6 Å². The number of nitrogens with zero attached hydrogens (tertiary/aromatic N) is 2. The zero-order valence-electron chi connectivity index (χ0n) is 13.1. The van der Waals surface area contributed by atoms with E-state index in [1.807, 2.05) is 18.2 Å². The molecule has 0 fully saturated rings. The smallest absolute Gasteiger partial charge is 0.0886 e. The van der Waals surface area contributed by atoms with Crippen molar-refractivity contribution in [2.45, 2.75) is 19.3 Å². The lowest BCUT2D eigenvalue weighted by Gasteiger charge is -2.18. The second kappa shape index (κ2) is 6.29. The minimum atomic E-state index is 0.782. The Labute approximate surface area is 149 Å². The van der Waals surface area contributed by atoms with Gasteiger partial charge in [-0.1, -0.05) is 51.4 Å². The van der Waals surface area contributed by atoms with E-state index < -0.39 is 0 Å². The third kappa shape index (κ3) is 2.57. The van der Waals surface area contributed by atoms with E-state index >= 15 is 0 Å². The molecule has 3 nitrogen and oxygen atoms in total. The van der Waals surface area contributed by atoms with Gasteiger partial charge >= 0.3 is 0 Å². The summed E-state index contributed by atoms with van der Waals surface area (Å²) in [5.74, 6) is 0. The second-order valence-corrected chi connectivity index (χ2v) is 6.88. The van der Waals surface area contributed by atoms with Crippen LogP contribution in [0.3, 0.4) is 0 Å². The van der Waals surface area contributed by atoms with Gasteiger partial charge in [-0.05, 0) is 55.2 Å². The molecule has 1 aliphatic carbocycles. The fraction of sp³-hybridized carbons (Fsp3) is 0.150. The molecular formula is C20H17BrN2O. The molecule has 0 aliphatic heterocycles. The number of rotatable bonds is 2. The van der Waals surface area contributed by atoms with E-state index in [9.17, 15) is 5.21 Å². The summed E-state index contributed by atoms with van der Waals surface area (Å²) in [6, 6.07) is 20.8. The molecule has 24 heavy (non-hydrogen) atoms. The van der Waals surface area contributed by atoms with Crippen molar-refractivity contribution in [1.82, 2.24) is 4.57 Å². The number of benzene rings is 2. The molecule has 120 valence electrons. The van der Waals surface area contributed by atoms with Gasteiger partial charge in [0, 0.05) is 21.4 Å².